The normalized spacial score (nSPS) is 11.0. The third-order valence-corrected chi connectivity index (χ3v) is 4.48. The first-order valence-electron chi connectivity index (χ1n) is 7.30. The van der Waals surface area contributed by atoms with Crippen molar-refractivity contribution in [2.45, 2.75) is 13.5 Å². The number of esters is 1. The Morgan fingerprint density at radius 3 is 2.67 bits per heavy atom. The second kappa shape index (κ2) is 6.71. The van der Waals surface area contributed by atoms with E-state index in [0.717, 1.165) is 5.56 Å². The van der Waals surface area contributed by atoms with Crippen LogP contribution in [0.2, 0.25) is 10.2 Å². The molecule has 124 valence electrons. The zero-order valence-corrected chi connectivity index (χ0v) is 14.3. The molecule has 0 unspecified atom stereocenters. The van der Waals surface area contributed by atoms with Crippen LogP contribution in [0.5, 0.6) is 5.75 Å². The first-order chi connectivity index (χ1) is 11.5. The van der Waals surface area contributed by atoms with Crippen molar-refractivity contribution in [2.24, 2.45) is 0 Å². The van der Waals surface area contributed by atoms with Crippen LogP contribution in [0.1, 0.15) is 23.0 Å². The van der Waals surface area contributed by atoms with Gasteiger partial charge in [0.15, 0.2) is 11.4 Å². The number of pyridine rings is 1. The van der Waals surface area contributed by atoms with Crippen LogP contribution in [0.3, 0.4) is 0 Å². The van der Waals surface area contributed by atoms with Gasteiger partial charge in [-0.2, -0.15) is 0 Å². The minimum absolute atomic E-state index is 0.163. The molecule has 0 aliphatic rings. The average molecular weight is 365 g/mol. The Balaban J connectivity index is 2.19. The molecule has 7 heteroatoms. The molecule has 0 saturated heterocycles. The molecule has 1 N–H and O–H groups in total. The molecule has 0 fully saturated rings. The van der Waals surface area contributed by atoms with Gasteiger partial charge in [0.2, 0.25) is 0 Å². The van der Waals surface area contributed by atoms with E-state index < -0.39 is 5.97 Å². The molecule has 0 amide bonds. The molecule has 5 nitrogen and oxygen atoms in total. The summed E-state index contributed by atoms with van der Waals surface area (Å²) in [6.45, 7) is 2.26. The van der Waals surface area contributed by atoms with Gasteiger partial charge in [-0.25, -0.2) is 9.78 Å². The lowest BCUT2D eigenvalue weighted by atomic mass is 10.2. The number of carbonyl (C=O) groups is 1. The van der Waals surface area contributed by atoms with Crippen LogP contribution in [0.4, 0.5) is 0 Å². The second-order valence-electron chi connectivity index (χ2n) is 5.11. The van der Waals surface area contributed by atoms with Crippen LogP contribution >= 0.6 is 23.2 Å². The minimum Gasteiger partial charge on any atom is -0.504 e. The van der Waals surface area contributed by atoms with Gasteiger partial charge in [-0.1, -0.05) is 53.5 Å². The molecule has 2 heterocycles. The molecule has 2 aromatic heterocycles. The Morgan fingerprint density at radius 2 is 2.00 bits per heavy atom. The Hall–Kier alpha value is -2.24. The van der Waals surface area contributed by atoms with Gasteiger partial charge in [0.1, 0.15) is 5.15 Å². The largest absolute Gasteiger partial charge is 0.504 e. The van der Waals surface area contributed by atoms with Crippen LogP contribution in [-0.2, 0) is 11.3 Å². The van der Waals surface area contributed by atoms with Gasteiger partial charge in [0.25, 0.3) is 0 Å². The topological polar surface area (TPSA) is 64.3 Å². The van der Waals surface area contributed by atoms with Gasteiger partial charge in [-0.05, 0) is 12.5 Å². The highest BCUT2D eigenvalue weighted by Crippen LogP contribution is 2.39. The van der Waals surface area contributed by atoms with Crippen molar-refractivity contribution in [1.29, 1.82) is 0 Å². The van der Waals surface area contributed by atoms with Crippen molar-refractivity contribution in [1.82, 2.24) is 9.55 Å². The summed E-state index contributed by atoms with van der Waals surface area (Å²) in [5.41, 5.74) is 1.17. The number of benzene rings is 1. The summed E-state index contributed by atoms with van der Waals surface area (Å²) in [6, 6.07) is 9.58. The molecule has 0 atom stereocenters. The number of nitrogens with zero attached hydrogens (tertiary/aromatic N) is 2. The Morgan fingerprint density at radius 1 is 1.29 bits per heavy atom. The molecule has 3 rings (SSSR count). The number of aromatic nitrogens is 2. The zero-order chi connectivity index (χ0) is 17.3. The zero-order valence-electron chi connectivity index (χ0n) is 12.8. The van der Waals surface area contributed by atoms with Crippen molar-refractivity contribution in [3.63, 3.8) is 0 Å². The van der Waals surface area contributed by atoms with Crippen molar-refractivity contribution < 1.29 is 14.6 Å². The number of halogens is 2. The van der Waals surface area contributed by atoms with Crippen LogP contribution in [-0.4, -0.2) is 27.2 Å². The average Bonchev–Trinajstić information content (AvgIpc) is 2.82. The molecule has 0 radical (unpaired) electrons. The quantitative estimate of drug-likeness (QED) is 0.702. The number of fused-ring (bicyclic) bond motifs is 1. The SMILES string of the molecule is CCOC(=O)c1ncc2c(Cl)c(Cl)n(Cc3ccccc3)c2c1O. The molecule has 0 aliphatic heterocycles. The second-order valence-corrected chi connectivity index (χ2v) is 5.85. The maximum atomic E-state index is 12.0. The Bertz CT molecular complexity index is 907. The lowest BCUT2D eigenvalue weighted by Crippen LogP contribution is -2.08. The van der Waals surface area contributed by atoms with Gasteiger partial charge in [-0.15, -0.1) is 0 Å². The van der Waals surface area contributed by atoms with E-state index in [9.17, 15) is 9.90 Å². The highest BCUT2D eigenvalue weighted by Gasteiger charge is 2.24. The number of hydrogen-bond acceptors (Lipinski definition) is 4. The van der Waals surface area contributed by atoms with Gasteiger partial charge >= 0.3 is 5.97 Å². The van der Waals surface area contributed by atoms with E-state index in [1.165, 1.54) is 6.20 Å². The number of carbonyl (C=O) groups excluding carboxylic acids is 1. The van der Waals surface area contributed by atoms with Crippen LogP contribution < -0.4 is 0 Å². The minimum atomic E-state index is -0.698. The molecule has 24 heavy (non-hydrogen) atoms. The number of hydrogen-bond donors (Lipinski definition) is 1. The summed E-state index contributed by atoms with van der Waals surface area (Å²) in [7, 11) is 0. The predicted octanol–water partition coefficient (Wildman–Crippen LogP) is 4.27. The molecule has 0 aliphatic carbocycles. The molecule has 0 saturated carbocycles. The van der Waals surface area contributed by atoms with Gasteiger partial charge in [-0.3, -0.25) is 0 Å². The fourth-order valence-electron chi connectivity index (χ4n) is 2.52. The summed E-state index contributed by atoms with van der Waals surface area (Å²) < 4.78 is 6.56. The van der Waals surface area contributed by atoms with E-state index in [2.05, 4.69) is 4.98 Å². The smallest absolute Gasteiger partial charge is 0.360 e. The summed E-state index contributed by atoms with van der Waals surface area (Å²) >= 11 is 12.6. The van der Waals surface area contributed by atoms with Gasteiger partial charge in [0, 0.05) is 18.1 Å². The van der Waals surface area contributed by atoms with E-state index in [0.29, 0.717) is 17.4 Å². The van der Waals surface area contributed by atoms with Gasteiger partial charge in [0.05, 0.1) is 17.1 Å². The molecular formula is C17H14Cl2N2O3. The monoisotopic (exact) mass is 364 g/mol. The first-order valence-corrected chi connectivity index (χ1v) is 8.06. The number of aromatic hydroxyl groups is 1. The molecular weight excluding hydrogens is 351 g/mol. The summed E-state index contributed by atoms with van der Waals surface area (Å²) in [4.78, 5) is 15.9. The van der Waals surface area contributed by atoms with E-state index >= 15 is 0 Å². The lowest BCUT2D eigenvalue weighted by Gasteiger charge is -2.10. The van der Waals surface area contributed by atoms with Gasteiger partial charge < -0.3 is 14.4 Å². The Labute approximate surface area is 148 Å². The van der Waals surface area contributed by atoms with Crippen molar-refractivity contribution in [3.8, 4) is 5.75 Å². The van der Waals surface area contributed by atoms with E-state index in [1.54, 1.807) is 11.5 Å². The Kier molecular flexibility index (Phi) is 4.64. The third-order valence-electron chi connectivity index (χ3n) is 3.60. The van der Waals surface area contributed by atoms with Crippen molar-refractivity contribution in [3.05, 3.63) is 58.0 Å². The van der Waals surface area contributed by atoms with E-state index in [-0.39, 0.29) is 28.2 Å². The molecule has 0 spiro atoms. The fourth-order valence-corrected chi connectivity index (χ4v) is 3.00. The third kappa shape index (κ3) is 2.81. The standard InChI is InChI=1S/C17H14Cl2N2O3/c1-2-24-17(23)13-15(22)14-11(8-20-13)12(18)16(19)21(14)9-10-6-4-3-5-7-10/h3-8,22H,2,9H2,1H3. The van der Waals surface area contributed by atoms with Crippen LogP contribution in [0.15, 0.2) is 36.5 Å². The van der Waals surface area contributed by atoms with E-state index in [1.807, 2.05) is 30.3 Å². The maximum absolute atomic E-state index is 12.0. The number of ether oxygens (including phenoxy) is 1. The van der Waals surface area contributed by atoms with Crippen LogP contribution in [0.25, 0.3) is 10.9 Å². The first kappa shape index (κ1) is 16.6. The van der Waals surface area contributed by atoms with Crippen LogP contribution in [0, 0.1) is 0 Å². The van der Waals surface area contributed by atoms with Crippen molar-refractivity contribution in [2.75, 3.05) is 6.61 Å². The highest BCUT2D eigenvalue weighted by atomic mass is 35.5. The lowest BCUT2D eigenvalue weighted by molar-refractivity contribution is 0.0516. The predicted molar refractivity (Wildman–Crippen MR) is 92.9 cm³/mol. The highest BCUT2D eigenvalue weighted by molar-refractivity contribution is 6.45. The summed E-state index contributed by atoms with van der Waals surface area (Å²) in [5.74, 6) is -0.993. The summed E-state index contributed by atoms with van der Waals surface area (Å²) in [6.07, 6.45) is 1.41. The van der Waals surface area contributed by atoms with E-state index in [4.69, 9.17) is 27.9 Å². The summed E-state index contributed by atoms with van der Waals surface area (Å²) in [5, 5.41) is 11.6. The molecule has 1 aromatic carbocycles. The fraction of sp³-hybridized carbons (Fsp3) is 0.176. The molecule has 0 bridgehead atoms. The molecule has 3 aromatic rings. The maximum Gasteiger partial charge on any atom is 0.360 e. The number of rotatable bonds is 4. The van der Waals surface area contributed by atoms with Crippen molar-refractivity contribution >= 4 is 40.1 Å².